The predicted octanol–water partition coefficient (Wildman–Crippen LogP) is 8.14. The zero-order chi connectivity index (χ0) is 20.8. The lowest BCUT2D eigenvalue weighted by molar-refractivity contribution is 0.758. The Hall–Kier alpha value is -2.83. The van der Waals surface area contributed by atoms with Crippen LogP contribution in [0.5, 0.6) is 0 Å². The smallest absolute Gasteiger partial charge is 0.0406 e. The van der Waals surface area contributed by atoms with E-state index >= 15 is 0 Å². The second kappa shape index (κ2) is 9.78. The fourth-order valence-corrected chi connectivity index (χ4v) is 4.02. The molecule has 0 aliphatic heterocycles. The van der Waals surface area contributed by atoms with E-state index in [1.807, 2.05) is 12.1 Å². The van der Waals surface area contributed by atoms with Crippen LogP contribution < -0.4 is 0 Å². The summed E-state index contributed by atoms with van der Waals surface area (Å²) in [5, 5.41) is 0.774. The number of halogens is 1. The molecule has 0 radical (unpaired) electrons. The van der Waals surface area contributed by atoms with Crippen molar-refractivity contribution in [1.82, 2.24) is 0 Å². The Balaban J connectivity index is 1.32. The minimum atomic E-state index is 0.538. The van der Waals surface area contributed by atoms with Gasteiger partial charge in [-0.2, -0.15) is 0 Å². The summed E-state index contributed by atoms with van der Waals surface area (Å²) in [7, 11) is 0. The SMILES string of the molecule is C[C@H](Cc1ccc(CCc2ccc(-c3ccc(Cl)cc3)cc2)cc1)c1ccccc1. The van der Waals surface area contributed by atoms with Gasteiger partial charge in [-0.05, 0) is 70.7 Å². The van der Waals surface area contributed by atoms with E-state index in [1.54, 1.807) is 0 Å². The Kier molecular flexibility index (Phi) is 6.67. The topological polar surface area (TPSA) is 0 Å². The first kappa shape index (κ1) is 20.4. The molecule has 0 aliphatic rings. The Labute approximate surface area is 185 Å². The van der Waals surface area contributed by atoms with E-state index in [0.717, 1.165) is 24.3 Å². The summed E-state index contributed by atoms with van der Waals surface area (Å²) in [5.41, 5.74) is 8.01. The van der Waals surface area contributed by atoms with E-state index in [-0.39, 0.29) is 0 Å². The lowest BCUT2D eigenvalue weighted by Crippen LogP contribution is -1.99. The van der Waals surface area contributed by atoms with E-state index in [4.69, 9.17) is 11.6 Å². The van der Waals surface area contributed by atoms with E-state index in [9.17, 15) is 0 Å². The lowest BCUT2D eigenvalue weighted by Gasteiger charge is -2.12. The molecule has 0 aliphatic carbocycles. The standard InChI is InChI=1S/C29H27Cl/c1-22(26-5-3-2-4-6-26)21-25-11-9-23(10-12-25)7-8-24-13-15-27(16-14-24)28-17-19-29(30)20-18-28/h2-6,9-20,22H,7-8,21H2,1H3/t22-/m1/s1. The van der Waals surface area contributed by atoms with Crippen LogP contribution in [0.3, 0.4) is 0 Å². The number of benzene rings is 4. The molecule has 0 unspecified atom stereocenters. The molecule has 1 atom stereocenters. The van der Waals surface area contributed by atoms with Crippen molar-refractivity contribution in [3.63, 3.8) is 0 Å². The number of hydrogen-bond donors (Lipinski definition) is 0. The van der Waals surface area contributed by atoms with E-state index in [0.29, 0.717) is 5.92 Å². The molecule has 0 fully saturated rings. The van der Waals surface area contributed by atoms with Gasteiger partial charge in [0.2, 0.25) is 0 Å². The summed E-state index contributed by atoms with van der Waals surface area (Å²) in [4.78, 5) is 0. The van der Waals surface area contributed by atoms with Gasteiger partial charge in [0.15, 0.2) is 0 Å². The highest BCUT2D eigenvalue weighted by Gasteiger charge is 2.06. The fraction of sp³-hybridized carbons (Fsp3) is 0.172. The van der Waals surface area contributed by atoms with Crippen LogP contribution in [0.25, 0.3) is 11.1 Å². The van der Waals surface area contributed by atoms with Crippen LogP contribution in [0.1, 0.15) is 35.1 Å². The van der Waals surface area contributed by atoms with Gasteiger partial charge in [0, 0.05) is 5.02 Å². The number of hydrogen-bond acceptors (Lipinski definition) is 0. The molecule has 0 N–H and O–H groups in total. The van der Waals surface area contributed by atoms with Crippen LogP contribution in [0.15, 0.2) is 103 Å². The maximum absolute atomic E-state index is 5.99. The second-order valence-corrected chi connectivity index (χ2v) is 8.47. The van der Waals surface area contributed by atoms with Crippen LogP contribution in [0, 0.1) is 0 Å². The summed E-state index contributed by atoms with van der Waals surface area (Å²) in [6.07, 6.45) is 3.20. The molecule has 150 valence electrons. The molecule has 0 saturated heterocycles. The summed E-state index contributed by atoms with van der Waals surface area (Å²) in [6, 6.07) is 36.8. The van der Waals surface area contributed by atoms with Crippen molar-refractivity contribution in [2.45, 2.75) is 32.1 Å². The van der Waals surface area contributed by atoms with Crippen molar-refractivity contribution < 1.29 is 0 Å². The Bertz CT molecular complexity index is 1050. The Morgan fingerprint density at radius 2 is 1.03 bits per heavy atom. The van der Waals surface area contributed by atoms with Gasteiger partial charge in [0.1, 0.15) is 0 Å². The van der Waals surface area contributed by atoms with Crippen LogP contribution in [-0.4, -0.2) is 0 Å². The first-order valence-electron chi connectivity index (χ1n) is 10.6. The molecule has 0 saturated carbocycles. The van der Waals surface area contributed by atoms with Crippen molar-refractivity contribution >= 4 is 11.6 Å². The van der Waals surface area contributed by atoms with Crippen LogP contribution in [-0.2, 0) is 19.3 Å². The molecule has 0 aromatic heterocycles. The highest BCUT2D eigenvalue weighted by molar-refractivity contribution is 6.30. The van der Waals surface area contributed by atoms with E-state index in [2.05, 4.69) is 97.9 Å². The summed E-state index contributed by atoms with van der Waals surface area (Å²) in [5.74, 6) is 0.538. The molecule has 30 heavy (non-hydrogen) atoms. The van der Waals surface area contributed by atoms with Gasteiger partial charge in [-0.1, -0.05) is 110 Å². The van der Waals surface area contributed by atoms with Crippen molar-refractivity contribution in [3.05, 3.63) is 130 Å². The van der Waals surface area contributed by atoms with Crippen molar-refractivity contribution in [3.8, 4) is 11.1 Å². The number of aryl methyl sites for hydroxylation is 2. The summed E-state index contributed by atoms with van der Waals surface area (Å²) < 4.78 is 0. The fourth-order valence-electron chi connectivity index (χ4n) is 3.89. The molecule has 0 amide bonds. The predicted molar refractivity (Wildman–Crippen MR) is 129 cm³/mol. The van der Waals surface area contributed by atoms with Crippen molar-refractivity contribution in [2.24, 2.45) is 0 Å². The maximum Gasteiger partial charge on any atom is 0.0406 e. The molecule has 0 heterocycles. The highest BCUT2D eigenvalue weighted by atomic mass is 35.5. The van der Waals surface area contributed by atoms with Gasteiger partial charge < -0.3 is 0 Å². The largest absolute Gasteiger partial charge is 0.0843 e. The molecule has 0 bridgehead atoms. The summed E-state index contributed by atoms with van der Waals surface area (Å²) >= 11 is 5.99. The van der Waals surface area contributed by atoms with Crippen LogP contribution >= 0.6 is 11.6 Å². The third-order valence-electron chi connectivity index (χ3n) is 5.77. The van der Waals surface area contributed by atoms with E-state index in [1.165, 1.54) is 33.4 Å². The molecular weight excluding hydrogens is 384 g/mol. The van der Waals surface area contributed by atoms with Gasteiger partial charge in [-0.3, -0.25) is 0 Å². The van der Waals surface area contributed by atoms with Crippen LogP contribution in [0.4, 0.5) is 0 Å². The molecule has 4 aromatic carbocycles. The maximum atomic E-state index is 5.99. The van der Waals surface area contributed by atoms with Crippen molar-refractivity contribution in [1.29, 1.82) is 0 Å². The minimum Gasteiger partial charge on any atom is -0.0843 e. The molecule has 4 rings (SSSR count). The lowest BCUT2D eigenvalue weighted by atomic mass is 9.93. The number of rotatable bonds is 7. The average molecular weight is 411 g/mol. The van der Waals surface area contributed by atoms with Crippen LogP contribution in [0.2, 0.25) is 5.02 Å². The second-order valence-electron chi connectivity index (χ2n) is 8.04. The monoisotopic (exact) mass is 410 g/mol. The molecule has 4 aromatic rings. The first-order chi connectivity index (χ1) is 14.7. The Morgan fingerprint density at radius 3 is 1.60 bits per heavy atom. The van der Waals surface area contributed by atoms with Gasteiger partial charge >= 0.3 is 0 Å². The Morgan fingerprint density at radius 1 is 0.567 bits per heavy atom. The highest BCUT2D eigenvalue weighted by Crippen LogP contribution is 2.23. The molecular formula is C29H27Cl. The zero-order valence-corrected chi connectivity index (χ0v) is 18.1. The van der Waals surface area contributed by atoms with Gasteiger partial charge in [-0.15, -0.1) is 0 Å². The third kappa shape index (κ3) is 5.40. The van der Waals surface area contributed by atoms with Gasteiger partial charge in [0.25, 0.3) is 0 Å². The minimum absolute atomic E-state index is 0.538. The van der Waals surface area contributed by atoms with Gasteiger partial charge in [0.05, 0.1) is 0 Å². The molecule has 1 heteroatoms. The zero-order valence-electron chi connectivity index (χ0n) is 17.4. The normalized spacial score (nSPS) is 11.9. The quantitative estimate of drug-likeness (QED) is 0.288. The molecule has 0 nitrogen and oxygen atoms in total. The van der Waals surface area contributed by atoms with Crippen molar-refractivity contribution in [2.75, 3.05) is 0 Å². The third-order valence-corrected chi connectivity index (χ3v) is 6.02. The molecule has 0 spiro atoms. The summed E-state index contributed by atoms with van der Waals surface area (Å²) in [6.45, 7) is 2.30. The average Bonchev–Trinajstić information content (AvgIpc) is 2.80. The van der Waals surface area contributed by atoms with Gasteiger partial charge in [-0.25, -0.2) is 0 Å². The van der Waals surface area contributed by atoms with E-state index < -0.39 is 0 Å². The first-order valence-corrected chi connectivity index (χ1v) is 11.0.